The van der Waals surface area contributed by atoms with E-state index in [0.717, 1.165) is 5.56 Å². The van der Waals surface area contributed by atoms with Crippen molar-refractivity contribution >= 4 is 24.0 Å². The summed E-state index contributed by atoms with van der Waals surface area (Å²) in [6.45, 7) is 1.71. The Bertz CT molecular complexity index is 639. The number of hydrogen-bond donors (Lipinski definition) is 2. The monoisotopic (exact) mass is 336 g/mol. The van der Waals surface area contributed by atoms with Gasteiger partial charge >= 0.3 is 0 Å². The van der Waals surface area contributed by atoms with Crippen molar-refractivity contribution in [1.29, 1.82) is 0 Å². The lowest BCUT2D eigenvalue weighted by atomic mass is 9.90. The Kier molecular flexibility index (Phi) is 5.76. The number of nitrogens with two attached hydrogens (primary N) is 1. The molecule has 3 N–H and O–H groups in total. The van der Waals surface area contributed by atoms with Crippen molar-refractivity contribution in [2.75, 3.05) is 18.5 Å². The molecule has 1 aromatic heterocycles. The molecule has 3 rings (SSSR count). The van der Waals surface area contributed by atoms with E-state index in [0.29, 0.717) is 38.3 Å². The summed E-state index contributed by atoms with van der Waals surface area (Å²) in [5.74, 6) is -0.171. The Balaban J connectivity index is 0.00000192. The van der Waals surface area contributed by atoms with Crippen molar-refractivity contribution in [2.45, 2.75) is 24.9 Å². The van der Waals surface area contributed by atoms with Gasteiger partial charge in [-0.05, 0) is 18.4 Å². The number of benzene rings is 1. The van der Waals surface area contributed by atoms with Crippen LogP contribution in [0.15, 0.2) is 42.7 Å². The molecular weight excluding hydrogens is 316 g/mol. The highest BCUT2D eigenvalue weighted by Crippen LogP contribution is 2.20. The molecular formula is C16H21ClN4O2. The highest BCUT2D eigenvalue weighted by molar-refractivity contribution is 5.97. The van der Waals surface area contributed by atoms with Crippen molar-refractivity contribution in [3.05, 3.63) is 48.3 Å². The van der Waals surface area contributed by atoms with Crippen molar-refractivity contribution in [2.24, 2.45) is 5.73 Å². The fourth-order valence-corrected chi connectivity index (χ4v) is 2.50. The summed E-state index contributed by atoms with van der Waals surface area (Å²) in [5.41, 5.74) is 7.13. The van der Waals surface area contributed by atoms with E-state index in [-0.39, 0.29) is 18.3 Å². The number of nitrogens with one attached hydrogen (secondary N) is 1. The Morgan fingerprint density at radius 3 is 2.70 bits per heavy atom. The standard InChI is InChI=1S/C16H20N4O2.ClH/c17-16(6-8-22-9-7-16)15(21)19-14-10-18-20(12-14)11-13-4-2-1-3-5-13;/h1-5,10,12H,6-9,11,17H2,(H,19,21);1H. The molecule has 1 amide bonds. The lowest BCUT2D eigenvalue weighted by Gasteiger charge is -2.31. The van der Waals surface area contributed by atoms with Crippen LogP contribution in [-0.2, 0) is 16.1 Å². The lowest BCUT2D eigenvalue weighted by Crippen LogP contribution is -2.54. The number of anilines is 1. The smallest absolute Gasteiger partial charge is 0.244 e. The zero-order chi connectivity index (χ0) is 15.4. The van der Waals surface area contributed by atoms with E-state index >= 15 is 0 Å². The second-order valence-electron chi connectivity index (χ2n) is 5.63. The third-order valence-corrected chi connectivity index (χ3v) is 3.92. The van der Waals surface area contributed by atoms with Gasteiger partial charge in [-0.2, -0.15) is 5.10 Å². The Hall–Kier alpha value is -1.89. The molecule has 0 aliphatic carbocycles. The quantitative estimate of drug-likeness (QED) is 0.892. The molecule has 1 fully saturated rings. The summed E-state index contributed by atoms with van der Waals surface area (Å²) in [7, 11) is 0. The Morgan fingerprint density at radius 2 is 2.00 bits per heavy atom. The molecule has 2 aromatic rings. The number of carbonyl (C=O) groups is 1. The summed E-state index contributed by atoms with van der Waals surface area (Å²) in [5, 5.41) is 7.12. The average molecular weight is 337 g/mol. The SMILES string of the molecule is Cl.NC1(C(=O)Nc2cnn(Cc3ccccc3)c2)CCOCC1. The first-order valence-electron chi connectivity index (χ1n) is 7.40. The summed E-state index contributed by atoms with van der Waals surface area (Å²) >= 11 is 0. The van der Waals surface area contributed by atoms with E-state index in [2.05, 4.69) is 10.4 Å². The Labute approximate surface area is 141 Å². The second kappa shape index (κ2) is 7.59. The van der Waals surface area contributed by atoms with E-state index < -0.39 is 5.54 Å². The lowest BCUT2D eigenvalue weighted by molar-refractivity contribution is -0.124. The maximum atomic E-state index is 12.3. The third kappa shape index (κ3) is 4.31. The molecule has 2 heterocycles. The van der Waals surface area contributed by atoms with E-state index in [1.807, 2.05) is 36.5 Å². The van der Waals surface area contributed by atoms with Crippen LogP contribution in [0.4, 0.5) is 5.69 Å². The molecule has 0 bridgehead atoms. The number of aromatic nitrogens is 2. The highest BCUT2D eigenvalue weighted by atomic mass is 35.5. The number of hydrogen-bond acceptors (Lipinski definition) is 4. The van der Waals surface area contributed by atoms with Crippen LogP contribution in [0.3, 0.4) is 0 Å². The van der Waals surface area contributed by atoms with E-state index in [1.165, 1.54) is 0 Å². The molecule has 1 aromatic carbocycles. The first kappa shape index (κ1) is 17.5. The molecule has 1 saturated heterocycles. The van der Waals surface area contributed by atoms with Gasteiger partial charge in [0.1, 0.15) is 5.54 Å². The zero-order valence-corrected chi connectivity index (χ0v) is 13.6. The van der Waals surface area contributed by atoms with Crippen LogP contribution >= 0.6 is 12.4 Å². The van der Waals surface area contributed by atoms with Gasteiger partial charge in [-0.25, -0.2) is 0 Å². The normalized spacial score (nSPS) is 16.4. The number of amides is 1. The molecule has 0 radical (unpaired) electrons. The predicted octanol–water partition coefficient (Wildman–Crippen LogP) is 1.80. The van der Waals surface area contributed by atoms with Crippen molar-refractivity contribution in [1.82, 2.24) is 9.78 Å². The van der Waals surface area contributed by atoms with E-state index in [4.69, 9.17) is 10.5 Å². The molecule has 1 aliphatic heterocycles. The first-order chi connectivity index (χ1) is 10.7. The maximum absolute atomic E-state index is 12.3. The summed E-state index contributed by atoms with van der Waals surface area (Å²) < 4.78 is 7.05. The first-order valence-corrected chi connectivity index (χ1v) is 7.40. The minimum Gasteiger partial charge on any atom is -0.381 e. The molecule has 0 saturated carbocycles. The van der Waals surface area contributed by atoms with Crippen molar-refractivity contribution in [3.8, 4) is 0 Å². The van der Waals surface area contributed by atoms with Gasteiger partial charge in [0.2, 0.25) is 5.91 Å². The molecule has 0 atom stereocenters. The number of nitrogens with zero attached hydrogens (tertiary/aromatic N) is 2. The molecule has 0 unspecified atom stereocenters. The molecule has 23 heavy (non-hydrogen) atoms. The zero-order valence-electron chi connectivity index (χ0n) is 12.8. The van der Waals surface area contributed by atoms with Crippen LogP contribution in [0.2, 0.25) is 0 Å². The van der Waals surface area contributed by atoms with Crippen molar-refractivity contribution in [3.63, 3.8) is 0 Å². The molecule has 6 nitrogen and oxygen atoms in total. The molecule has 124 valence electrons. The van der Waals surface area contributed by atoms with Gasteiger partial charge in [0.15, 0.2) is 0 Å². The summed E-state index contributed by atoms with van der Waals surface area (Å²) in [6, 6.07) is 10.0. The minimum absolute atomic E-state index is 0. The van der Waals surface area contributed by atoms with Crippen molar-refractivity contribution < 1.29 is 9.53 Å². The van der Waals surface area contributed by atoms with Crippen LogP contribution in [0.1, 0.15) is 18.4 Å². The van der Waals surface area contributed by atoms with Crippen LogP contribution in [0.25, 0.3) is 0 Å². The van der Waals surface area contributed by atoms with Gasteiger partial charge in [0.05, 0.1) is 18.4 Å². The van der Waals surface area contributed by atoms with Gasteiger partial charge in [0, 0.05) is 19.4 Å². The third-order valence-electron chi connectivity index (χ3n) is 3.92. The number of rotatable bonds is 4. The van der Waals surface area contributed by atoms with Gasteiger partial charge < -0.3 is 15.8 Å². The van der Waals surface area contributed by atoms with Gasteiger partial charge in [-0.3, -0.25) is 9.48 Å². The highest BCUT2D eigenvalue weighted by Gasteiger charge is 2.36. The Morgan fingerprint density at radius 1 is 1.30 bits per heavy atom. The minimum atomic E-state index is -0.847. The fraction of sp³-hybridized carbons (Fsp3) is 0.375. The van der Waals surface area contributed by atoms with Crippen LogP contribution in [-0.4, -0.2) is 34.4 Å². The van der Waals surface area contributed by atoms with E-state index in [1.54, 1.807) is 10.9 Å². The number of carbonyl (C=O) groups excluding carboxylic acids is 1. The molecule has 1 aliphatic rings. The topological polar surface area (TPSA) is 82.2 Å². The van der Waals surface area contributed by atoms with Gasteiger partial charge in [-0.1, -0.05) is 30.3 Å². The maximum Gasteiger partial charge on any atom is 0.244 e. The van der Waals surface area contributed by atoms with Crippen LogP contribution < -0.4 is 11.1 Å². The summed E-state index contributed by atoms with van der Waals surface area (Å²) in [4.78, 5) is 12.3. The van der Waals surface area contributed by atoms with Gasteiger partial charge in [0.25, 0.3) is 0 Å². The predicted molar refractivity (Wildman–Crippen MR) is 90.6 cm³/mol. The van der Waals surface area contributed by atoms with Gasteiger partial charge in [-0.15, -0.1) is 12.4 Å². The summed E-state index contributed by atoms with van der Waals surface area (Å²) in [6.07, 6.45) is 4.53. The number of ether oxygens (including phenoxy) is 1. The number of halogens is 1. The van der Waals surface area contributed by atoms with E-state index in [9.17, 15) is 4.79 Å². The largest absolute Gasteiger partial charge is 0.381 e. The fourth-order valence-electron chi connectivity index (χ4n) is 2.50. The molecule has 7 heteroatoms. The second-order valence-corrected chi connectivity index (χ2v) is 5.63. The van der Waals surface area contributed by atoms with Crippen LogP contribution in [0, 0.1) is 0 Å². The van der Waals surface area contributed by atoms with Crippen LogP contribution in [0.5, 0.6) is 0 Å². The average Bonchev–Trinajstić information content (AvgIpc) is 2.96. The molecule has 0 spiro atoms.